The van der Waals surface area contributed by atoms with E-state index in [0.717, 1.165) is 12.8 Å². The van der Waals surface area contributed by atoms with Crippen molar-refractivity contribution in [1.82, 2.24) is 4.72 Å². The number of benzene rings is 1. The zero-order valence-corrected chi connectivity index (χ0v) is 12.9. The third-order valence-electron chi connectivity index (χ3n) is 3.39. The van der Waals surface area contributed by atoms with E-state index in [-0.39, 0.29) is 16.4 Å². The Morgan fingerprint density at radius 2 is 2.10 bits per heavy atom. The van der Waals surface area contributed by atoms with E-state index in [1.165, 1.54) is 12.1 Å². The summed E-state index contributed by atoms with van der Waals surface area (Å²) >= 11 is 4.83. The SMILES string of the molecule is CC1(CNS(=O)(=O)c2ccc(C(N)=S)cc2)CCCO1. The Hall–Kier alpha value is -1.02. The molecule has 3 N–H and O–H groups in total. The van der Waals surface area contributed by atoms with Crippen LogP contribution in [-0.2, 0) is 14.8 Å². The number of nitrogens with two attached hydrogens (primary N) is 1. The van der Waals surface area contributed by atoms with Crippen LogP contribution in [0.3, 0.4) is 0 Å². The smallest absolute Gasteiger partial charge is 0.240 e. The van der Waals surface area contributed by atoms with Crippen LogP contribution in [0.2, 0.25) is 0 Å². The van der Waals surface area contributed by atoms with Crippen molar-refractivity contribution < 1.29 is 13.2 Å². The molecule has 0 aromatic heterocycles. The number of sulfonamides is 1. The lowest BCUT2D eigenvalue weighted by molar-refractivity contribution is 0.0250. The molecule has 1 unspecified atom stereocenters. The van der Waals surface area contributed by atoms with Crippen molar-refractivity contribution in [3.05, 3.63) is 29.8 Å². The van der Waals surface area contributed by atoms with E-state index in [1.54, 1.807) is 12.1 Å². The van der Waals surface area contributed by atoms with E-state index in [0.29, 0.717) is 12.2 Å². The third kappa shape index (κ3) is 3.54. The van der Waals surface area contributed by atoms with Crippen LogP contribution >= 0.6 is 12.2 Å². The summed E-state index contributed by atoms with van der Waals surface area (Å²) in [7, 11) is -3.54. The maximum atomic E-state index is 12.2. The van der Waals surface area contributed by atoms with E-state index < -0.39 is 15.6 Å². The predicted octanol–water partition coefficient (Wildman–Crippen LogP) is 1.17. The highest BCUT2D eigenvalue weighted by Gasteiger charge is 2.31. The highest BCUT2D eigenvalue weighted by Crippen LogP contribution is 2.24. The van der Waals surface area contributed by atoms with Gasteiger partial charge in [-0.25, -0.2) is 13.1 Å². The average Bonchev–Trinajstić information content (AvgIpc) is 2.84. The number of hydrogen-bond acceptors (Lipinski definition) is 4. The molecule has 0 spiro atoms. The monoisotopic (exact) mass is 314 g/mol. The van der Waals surface area contributed by atoms with Gasteiger partial charge in [-0.2, -0.15) is 0 Å². The van der Waals surface area contributed by atoms with Crippen molar-refractivity contribution in [2.75, 3.05) is 13.2 Å². The second-order valence-corrected chi connectivity index (χ2v) is 7.32. The van der Waals surface area contributed by atoms with Crippen LogP contribution in [-0.4, -0.2) is 32.2 Å². The molecule has 1 atom stereocenters. The molecule has 1 aliphatic heterocycles. The summed E-state index contributed by atoms with van der Waals surface area (Å²) < 4.78 is 32.5. The highest BCUT2D eigenvalue weighted by molar-refractivity contribution is 7.89. The Labute approximate surface area is 124 Å². The fourth-order valence-electron chi connectivity index (χ4n) is 2.11. The molecule has 0 saturated carbocycles. The van der Waals surface area contributed by atoms with Gasteiger partial charge in [0.15, 0.2) is 0 Å². The van der Waals surface area contributed by atoms with Crippen LogP contribution in [0.1, 0.15) is 25.3 Å². The van der Waals surface area contributed by atoms with E-state index in [9.17, 15) is 8.42 Å². The van der Waals surface area contributed by atoms with Gasteiger partial charge in [0.2, 0.25) is 10.0 Å². The van der Waals surface area contributed by atoms with Crippen molar-refractivity contribution in [3.8, 4) is 0 Å². The van der Waals surface area contributed by atoms with Crippen molar-refractivity contribution >= 4 is 27.2 Å². The van der Waals surface area contributed by atoms with Crippen molar-refractivity contribution in [3.63, 3.8) is 0 Å². The summed E-state index contributed by atoms with van der Waals surface area (Å²) in [6.07, 6.45) is 1.82. The standard InChI is InChI=1S/C13H18N2O3S2/c1-13(7-2-8-18-13)9-15-20(16,17)11-5-3-10(4-6-11)12(14)19/h3-6,15H,2,7-9H2,1H3,(H2,14,19). The molecule has 1 aromatic rings. The van der Waals surface area contributed by atoms with Gasteiger partial charge in [-0.1, -0.05) is 24.4 Å². The van der Waals surface area contributed by atoms with Gasteiger partial charge in [-0.15, -0.1) is 0 Å². The normalized spacial score (nSPS) is 22.9. The molecule has 7 heteroatoms. The molecule has 0 amide bonds. The molecular weight excluding hydrogens is 296 g/mol. The number of thiocarbonyl (C=S) groups is 1. The molecule has 1 saturated heterocycles. The molecule has 1 aromatic carbocycles. The Bertz CT molecular complexity index is 591. The minimum atomic E-state index is -3.54. The molecule has 5 nitrogen and oxygen atoms in total. The van der Waals surface area contributed by atoms with E-state index in [2.05, 4.69) is 4.72 Å². The van der Waals surface area contributed by atoms with E-state index >= 15 is 0 Å². The molecule has 1 fully saturated rings. The van der Waals surface area contributed by atoms with Gasteiger partial charge in [0.25, 0.3) is 0 Å². The first kappa shape index (κ1) is 15.4. The third-order valence-corrected chi connectivity index (χ3v) is 5.04. The summed E-state index contributed by atoms with van der Waals surface area (Å²) in [6.45, 7) is 2.87. The first-order valence-electron chi connectivity index (χ1n) is 6.36. The van der Waals surface area contributed by atoms with Crippen LogP contribution in [0.15, 0.2) is 29.2 Å². The molecule has 0 aliphatic carbocycles. The highest BCUT2D eigenvalue weighted by atomic mass is 32.2. The molecule has 1 heterocycles. The molecule has 2 rings (SSSR count). The molecule has 110 valence electrons. The van der Waals surface area contributed by atoms with Gasteiger partial charge in [0.05, 0.1) is 10.5 Å². The summed E-state index contributed by atoms with van der Waals surface area (Å²) in [6, 6.07) is 6.19. The van der Waals surface area contributed by atoms with Gasteiger partial charge in [-0.3, -0.25) is 0 Å². The Kier molecular flexibility index (Phi) is 4.43. The first-order valence-corrected chi connectivity index (χ1v) is 8.25. The van der Waals surface area contributed by atoms with Crippen LogP contribution < -0.4 is 10.5 Å². The first-order chi connectivity index (χ1) is 9.32. The Morgan fingerprint density at radius 1 is 1.45 bits per heavy atom. The maximum absolute atomic E-state index is 12.2. The number of nitrogens with one attached hydrogen (secondary N) is 1. The van der Waals surface area contributed by atoms with Crippen LogP contribution in [0, 0.1) is 0 Å². The van der Waals surface area contributed by atoms with E-state index in [1.807, 2.05) is 6.92 Å². The van der Waals surface area contributed by atoms with Crippen LogP contribution in [0.5, 0.6) is 0 Å². The summed E-state index contributed by atoms with van der Waals surface area (Å²) in [5, 5.41) is 0. The van der Waals surface area contributed by atoms with E-state index in [4.69, 9.17) is 22.7 Å². The fraction of sp³-hybridized carbons (Fsp3) is 0.462. The van der Waals surface area contributed by atoms with Crippen LogP contribution in [0.4, 0.5) is 0 Å². The minimum Gasteiger partial charge on any atom is -0.389 e. The molecule has 0 bridgehead atoms. The van der Waals surface area contributed by atoms with Gasteiger partial charge in [0, 0.05) is 18.7 Å². The largest absolute Gasteiger partial charge is 0.389 e. The lowest BCUT2D eigenvalue weighted by Gasteiger charge is -2.23. The molecule has 20 heavy (non-hydrogen) atoms. The zero-order valence-electron chi connectivity index (χ0n) is 11.3. The number of rotatable bonds is 5. The zero-order chi connectivity index (χ0) is 14.8. The lowest BCUT2D eigenvalue weighted by atomic mass is 10.0. The number of ether oxygens (including phenoxy) is 1. The van der Waals surface area contributed by atoms with Gasteiger partial charge < -0.3 is 10.5 Å². The second kappa shape index (κ2) is 5.77. The second-order valence-electron chi connectivity index (χ2n) is 5.12. The summed E-state index contributed by atoms with van der Waals surface area (Å²) in [5.41, 5.74) is 5.71. The predicted molar refractivity (Wildman–Crippen MR) is 81.1 cm³/mol. The molecular formula is C13H18N2O3S2. The van der Waals surface area contributed by atoms with Crippen LogP contribution in [0.25, 0.3) is 0 Å². The Morgan fingerprint density at radius 3 is 2.60 bits per heavy atom. The van der Waals surface area contributed by atoms with Crippen molar-refractivity contribution in [2.45, 2.75) is 30.3 Å². The topological polar surface area (TPSA) is 81.4 Å². The van der Waals surface area contributed by atoms with Crippen molar-refractivity contribution in [2.24, 2.45) is 5.73 Å². The quantitative estimate of drug-likeness (QED) is 0.797. The van der Waals surface area contributed by atoms with Gasteiger partial charge in [0.1, 0.15) is 4.99 Å². The maximum Gasteiger partial charge on any atom is 0.240 e. The lowest BCUT2D eigenvalue weighted by Crippen LogP contribution is -2.40. The average molecular weight is 314 g/mol. The van der Waals surface area contributed by atoms with Gasteiger partial charge >= 0.3 is 0 Å². The van der Waals surface area contributed by atoms with Crippen molar-refractivity contribution in [1.29, 1.82) is 0 Å². The fourth-order valence-corrected chi connectivity index (χ4v) is 3.40. The Balaban J connectivity index is 2.08. The molecule has 0 radical (unpaired) electrons. The van der Waals surface area contributed by atoms with Gasteiger partial charge in [-0.05, 0) is 31.9 Å². The summed E-state index contributed by atoms with van der Waals surface area (Å²) in [4.78, 5) is 0.438. The molecule has 1 aliphatic rings. The summed E-state index contributed by atoms with van der Waals surface area (Å²) in [5.74, 6) is 0. The number of hydrogen-bond donors (Lipinski definition) is 2. The minimum absolute atomic E-state index is 0.194.